The van der Waals surface area contributed by atoms with Crippen LogP contribution in [0.4, 0.5) is 0 Å². The lowest BCUT2D eigenvalue weighted by molar-refractivity contribution is 0.0278. The summed E-state index contributed by atoms with van der Waals surface area (Å²) in [6.07, 6.45) is 0.754. The summed E-state index contributed by atoms with van der Waals surface area (Å²) in [4.78, 5) is 37.3. The van der Waals surface area contributed by atoms with E-state index in [4.69, 9.17) is 0 Å². The number of hydrogen-bond acceptors (Lipinski definition) is 5. The molecule has 2 aliphatic rings. The largest absolute Gasteiger partial charge is 0.297 e. The van der Waals surface area contributed by atoms with Gasteiger partial charge in [-0.15, -0.1) is 0 Å². The van der Waals surface area contributed by atoms with Gasteiger partial charge in [0.15, 0.2) is 17.1 Å². The molecule has 0 bridgehead atoms. The Bertz CT molecular complexity index is 1220. The van der Waals surface area contributed by atoms with Gasteiger partial charge in [0.1, 0.15) is 0 Å². The van der Waals surface area contributed by atoms with Crippen molar-refractivity contribution in [2.45, 2.75) is 39.3 Å². The molecule has 5 heteroatoms. The predicted octanol–water partition coefficient (Wildman–Crippen LogP) is 4.35. The second kappa shape index (κ2) is 8.90. The lowest BCUT2D eigenvalue weighted by atomic mass is 9.82. The zero-order valence-electron chi connectivity index (χ0n) is 20.2. The molecule has 174 valence electrons. The monoisotopic (exact) mass is 453 g/mol. The van der Waals surface area contributed by atoms with Gasteiger partial charge in [-0.05, 0) is 49.1 Å². The van der Waals surface area contributed by atoms with E-state index in [1.807, 2.05) is 31.2 Å². The third-order valence-corrected chi connectivity index (χ3v) is 7.36. The Morgan fingerprint density at radius 3 is 2.09 bits per heavy atom. The fraction of sp³-hybridized carbons (Fsp3) is 0.345. The zero-order valence-corrected chi connectivity index (χ0v) is 20.2. The molecule has 1 fully saturated rings. The maximum Gasteiger partial charge on any atom is 0.196 e. The number of fused-ring (bicyclic) bond motifs is 1. The minimum atomic E-state index is -1.31. The number of benzene rings is 2. The summed E-state index contributed by atoms with van der Waals surface area (Å²) in [6, 6.07) is 19.6. The van der Waals surface area contributed by atoms with E-state index in [0.717, 1.165) is 43.0 Å². The summed E-state index contributed by atoms with van der Waals surface area (Å²) in [5.74, 6) is -0.207. The van der Waals surface area contributed by atoms with Crippen LogP contribution in [0.15, 0.2) is 60.7 Å². The van der Waals surface area contributed by atoms with Crippen LogP contribution in [0, 0.1) is 13.8 Å². The molecule has 2 aromatic carbocycles. The van der Waals surface area contributed by atoms with E-state index in [9.17, 15) is 9.59 Å². The van der Waals surface area contributed by atoms with Gasteiger partial charge in [0.05, 0.1) is 0 Å². The van der Waals surface area contributed by atoms with E-state index in [0.29, 0.717) is 24.2 Å². The van der Waals surface area contributed by atoms with Gasteiger partial charge in [0, 0.05) is 55.2 Å². The van der Waals surface area contributed by atoms with Gasteiger partial charge in [0.2, 0.25) is 0 Å². The zero-order chi connectivity index (χ0) is 23.9. The van der Waals surface area contributed by atoms with E-state index < -0.39 is 5.54 Å². The van der Waals surface area contributed by atoms with E-state index in [-0.39, 0.29) is 11.6 Å². The topological polar surface area (TPSA) is 53.5 Å². The van der Waals surface area contributed by atoms with E-state index >= 15 is 0 Å². The Kier molecular flexibility index (Phi) is 5.92. The standard InChI is InChI=1S/C29H31N3O2/c1-4-24-18-23(17-21(3)30-24)29(27(33)25-11-7-8-12-26(25)28(29)34)32-15-13-31(14-16-32)19-22-10-6-5-9-20(22)2/h5-12,17-18H,4,13-16,19H2,1-3H3. The molecule has 0 saturated carbocycles. The number of carbonyl (C=O) groups is 2. The number of Topliss-reactive ketones (excluding diaryl/α,β-unsaturated/α-hetero) is 2. The van der Waals surface area contributed by atoms with Gasteiger partial charge < -0.3 is 0 Å². The highest BCUT2D eigenvalue weighted by Crippen LogP contribution is 2.43. The molecule has 3 aromatic rings. The average molecular weight is 454 g/mol. The highest BCUT2D eigenvalue weighted by Gasteiger charge is 2.58. The van der Waals surface area contributed by atoms with Crippen LogP contribution in [-0.2, 0) is 18.5 Å². The van der Waals surface area contributed by atoms with Gasteiger partial charge >= 0.3 is 0 Å². The number of ketones is 2. The third-order valence-electron chi connectivity index (χ3n) is 7.36. The van der Waals surface area contributed by atoms with Crippen LogP contribution in [0.3, 0.4) is 0 Å². The van der Waals surface area contributed by atoms with Crippen molar-refractivity contribution in [3.05, 3.63) is 99.9 Å². The van der Waals surface area contributed by atoms with Crippen LogP contribution in [0.5, 0.6) is 0 Å². The van der Waals surface area contributed by atoms with Gasteiger partial charge in [-0.2, -0.15) is 0 Å². The Labute approximate surface area is 201 Å². The first-order chi connectivity index (χ1) is 16.4. The molecule has 1 aliphatic heterocycles. The molecule has 1 aliphatic carbocycles. The molecule has 0 amide bonds. The second-order valence-electron chi connectivity index (χ2n) is 9.45. The van der Waals surface area contributed by atoms with Crippen LogP contribution in [0.2, 0.25) is 0 Å². The highest BCUT2D eigenvalue weighted by molar-refractivity contribution is 6.32. The predicted molar refractivity (Wildman–Crippen MR) is 133 cm³/mol. The van der Waals surface area contributed by atoms with Crippen molar-refractivity contribution in [1.82, 2.24) is 14.8 Å². The van der Waals surface area contributed by atoms with Crippen molar-refractivity contribution in [2.75, 3.05) is 26.2 Å². The Morgan fingerprint density at radius 1 is 0.853 bits per heavy atom. The van der Waals surface area contributed by atoms with Crippen LogP contribution in [0.1, 0.15) is 55.7 Å². The van der Waals surface area contributed by atoms with E-state index in [1.54, 1.807) is 12.1 Å². The normalized spacial score (nSPS) is 18.3. The lowest BCUT2D eigenvalue weighted by Gasteiger charge is -2.44. The molecule has 1 aromatic heterocycles. The number of carbonyl (C=O) groups excluding carboxylic acids is 2. The van der Waals surface area contributed by atoms with Gasteiger partial charge in [0.25, 0.3) is 0 Å². The molecule has 5 rings (SSSR count). The maximum atomic E-state index is 14.1. The summed E-state index contributed by atoms with van der Waals surface area (Å²) in [6.45, 7) is 9.92. The SMILES string of the molecule is CCc1cc(C2(N3CCN(Cc4ccccc4C)CC3)C(=O)c3ccccc3C2=O)cc(C)n1. The van der Waals surface area contributed by atoms with Crippen molar-refractivity contribution < 1.29 is 9.59 Å². The third kappa shape index (κ3) is 3.60. The summed E-state index contributed by atoms with van der Waals surface area (Å²) in [7, 11) is 0. The number of hydrogen-bond donors (Lipinski definition) is 0. The number of aryl methyl sites for hydroxylation is 3. The minimum Gasteiger partial charge on any atom is -0.297 e. The van der Waals surface area contributed by atoms with Crippen molar-refractivity contribution in [3.8, 4) is 0 Å². The first-order valence-electron chi connectivity index (χ1n) is 12.1. The summed E-state index contributed by atoms with van der Waals surface area (Å²) in [5.41, 5.74) is 4.87. The number of aromatic nitrogens is 1. The van der Waals surface area contributed by atoms with Crippen LogP contribution >= 0.6 is 0 Å². The number of nitrogens with zero attached hydrogens (tertiary/aromatic N) is 3. The first kappa shape index (κ1) is 22.6. The van der Waals surface area contributed by atoms with Crippen LogP contribution in [0.25, 0.3) is 0 Å². The van der Waals surface area contributed by atoms with E-state index in [1.165, 1.54) is 11.1 Å². The molecule has 0 unspecified atom stereocenters. The Hall–Kier alpha value is -3.15. The number of piperazine rings is 1. The first-order valence-corrected chi connectivity index (χ1v) is 12.1. The molecule has 0 spiro atoms. The van der Waals surface area contributed by atoms with Crippen molar-refractivity contribution in [2.24, 2.45) is 0 Å². The molecular weight excluding hydrogens is 422 g/mol. The second-order valence-corrected chi connectivity index (χ2v) is 9.45. The smallest absolute Gasteiger partial charge is 0.196 e. The van der Waals surface area contributed by atoms with E-state index in [2.05, 4.69) is 52.9 Å². The Morgan fingerprint density at radius 2 is 1.47 bits per heavy atom. The Balaban J connectivity index is 1.51. The fourth-order valence-electron chi connectivity index (χ4n) is 5.50. The molecule has 34 heavy (non-hydrogen) atoms. The molecule has 1 saturated heterocycles. The number of rotatable bonds is 5. The fourth-order valence-corrected chi connectivity index (χ4v) is 5.50. The van der Waals surface area contributed by atoms with Crippen molar-refractivity contribution in [1.29, 1.82) is 0 Å². The lowest BCUT2D eigenvalue weighted by Crippen LogP contribution is -2.60. The molecular formula is C29H31N3O2. The molecule has 5 nitrogen and oxygen atoms in total. The maximum absolute atomic E-state index is 14.1. The van der Waals surface area contributed by atoms with Gasteiger partial charge in [-0.3, -0.25) is 24.4 Å². The summed E-state index contributed by atoms with van der Waals surface area (Å²) in [5, 5.41) is 0. The highest BCUT2D eigenvalue weighted by atomic mass is 16.2. The van der Waals surface area contributed by atoms with Crippen LogP contribution in [-0.4, -0.2) is 52.5 Å². The minimum absolute atomic E-state index is 0.104. The molecule has 0 radical (unpaired) electrons. The van der Waals surface area contributed by atoms with Gasteiger partial charge in [-0.1, -0.05) is 55.5 Å². The van der Waals surface area contributed by atoms with Crippen molar-refractivity contribution in [3.63, 3.8) is 0 Å². The summed E-state index contributed by atoms with van der Waals surface area (Å²) < 4.78 is 0. The number of pyridine rings is 1. The van der Waals surface area contributed by atoms with Crippen LogP contribution < -0.4 is 0 Å². The van der Waals surface area contributed by atoms with Crippen molar-refractivity contribution >= 4 is 11.6 Å². The molecule has 0 atom stereocenters. The average Bonchev–Trinajstić information content (AvgIpc) is 3.08. The summed E-state index contributed by atoms with van der Waals surface area (Å²) >= 11 is 0. The molecule has 2 heterocycles. The quantitative estimate of drug-likeness (QED) is 0.538. The van der Waals surface area contributed by atoms with Gasteiger partial charge in [-0.25, -0.2) is 0 Å². The molecule has 0 N–H and O–H groups in total.